The molecule has 0 aliphatic rings. The van der Waals surface area contributed by atoms with Crippen molar-refractivity contribution in [2.75, 3.05) is 38.3 Å². The normalized spacial score (nSPS) is 12.6. The van der Waals surface area contributed by atoms with Crippen molar-refractivity contribution in [3.05, 3.63) is 11.9 Å². The fourth-order valence-electron chi connectivity index (χ4n) is 1.54. The molecule has 5 heteroatoms. The highest BCUT2D eigenvalue weighted by Gasteiger charge is 2.10. The van der Waals surface area contributed by atoms with Crippen molar-refractivity contribution in [3.8, 4) is 0 Å². The van der Waals surface area contributed by atoms with Gasteiger partial charge in [0.25, 0.3) is 0 Å². The first-order valence-electron chi connectivity index (χ1n) is 6.02. The summed E-state index contributed by atoms with van der Waals surface area (Å²) in [6, 6.07) is 0.465. The minimum Gasteiger partial charge on any atom is -0.373 e. The zero-order valence-corrected chi connectivity index (χ0v) is 11.4. The predicted molar refractivity (Wildman–Crippen MR) is 72.6 cm³/mol. The monoisotopic (exact) mass is 237 g/mol. The van der Waals surface area contributed by atoms with Crippen molar-refractivity contribution in [2.45, 2.75) is 26.3 Å². The molecular weight excluding hydrogens is 214 g/mol. The molecule has 2 N–H and O–H groups in total. The molecule has 0 saturated carbocycles. The molecule has 0 amide bonds. The van der Waals surface area contributed by atoms with E-state index in [9.17, 15) is 0 Å². The van der Waals surface area contributed by atoms with Gasteiger partial charge in [-0.25, -0.2) is 9.97 Å². The van der Waals surface area contributed by atoms with Gasteiger partial charge in [0.1, 0.15) is 18.0 Å². The number of likely N-dealkylation sites (N-methyl/N-ethyl adjacent to an activating group) is 1. The summed E-state index contributed by atoms with van der Waals surface area (Å²) in [5.74, 6) is 1.84. The zero-order valence-electron chi connectivity index (χ0n) is 11.4. The average molecular weight is 237 g/mol. The Kier molecular flexibility index (Phi) is 5.15. The van der Waals surface area contributed by atoms with E-state index in [0.29, 0.717) is 6.04 Å². The SMILES string of the molecule is CCc1c(NC)ncnc1NCC(C)N(C)C. The molecule has 1 unspecified atom stereocenters. The van der Waals surface area contributed by atoms with Crippen molar-refractivity contribution >= 4 is 11.6 Å². The third-order valence-corrected chi connectivity index (χ3v) is 2.98. The number of hydrogen-bond donors (Lipinski definition) is 2. The van der Waals surface area contributed by atoms with Gasteiger partial charge in [-0.15, -0.1) is 0 Å². The summed E-state index contributed by atoms with van der Waals surface area (Å²) in [4.78, 5) is 10.7. The van der Waals surface area contributed by atoms with Gasteiger partial charge < -0.3 is 15.5 Å². The van der Waals surface area contributed by atoms with E-state index in [2.05, 4.69) is 53.4 Å². The Labute approximate surface area is 104 Å². The van der Waals surface area contributed by atoms with Crippen LogP contribution in [0, 0.1) is 0 Å². The van der Waals surface area contributed by atoms with Gasteiger partial charge in [0.2, 0.25) is 0 Å². The highest BCUT2D eigenvalue weighted by Crippen LogP contribution is 2.19. The van der Waals surface area contributed by atoms with Crippen LogP contribution in [0.25, 0.3) is 0 Å². The van der Waals surface area contributed by atoms with Gasteiger partial charge in [-0.1, -0.05) is 6.92 Å². The van der Waals surface area contributed by atoms with Gasteiger partial charge in [-0.05, 0) is 27.4 Å². The molecule has 1 aromatic rings. The summed E-state index contributed by atoms with van der Waals surface area (Å²) in [6.07, 6.45) is 2.50. The molecule has 1 aromatic heterocycles. The van der Waals surface area contributed by atoms with Gasteiger partial charge in [-0.3, -0.25) is 0 Å². The Hall–Kier alpha value is -1.36. The lowest BCUT2D eigenvalue weighted by Crippen LogP contribution is -2.32. The zero-order chi connectivity index (χ0) is 12.8. The molecule has 0 spiro atoms. The van der Waals surface area contributed by atoms with Crippen molar-refractivity contribution < 1.29 is 0 Å². The second-order valence-corrected chi connectivity index (χ2v) is 4.35. The number of aromatic nitrogens is 2. The van der Waals surface area contributed by atoms with Crippen LogP contribution in [0.3, 0.4) is 0 Å². The van der Waals surface area contributed by atoms with E-state index in [0.717, 1.165) is 30.2 Å². The second kappa shape index (κ2) is 6.39. The fraction of sp³-hybridized carbons (Fsp3) is 0.667. The smallest absolute Gasteiger partial charge is 0.134 e. The highest BCUT2D eigenvalue weighted by molar-refractivity contribution is 5.57. The van der Waals surface area contributed by atoms with Gasteiger partial charge >= 0.3 is 0 Å². The Morgan fingerprint density at radius 3 is 2.47 bits per heavy atom. The summed E-state index contributed by atoms with van der Waals surface area (Å²) in [5, 5.41) is 6.48. The predicted octanol–water partition coefficient (Wildman–Crippen LogP) is 1.44. The quantitative estimate of drug-likeness (QED) is 0.784. The van der Waals surface area contributed by atoms with Gasteiger partial charge in [-0.2, -0.15) is 0 Å². The van der Waals surface area contributed by atoms with E-state index in [1.54, 1.807) is 6.33 Å². The Morgan fingerprint density at radius 2 is 1.94 bits per heavy atom. The van der Waals surface area contributed by atoms with Crippen molar-refractivity contribution in [1.82, 2.24) is 14.9 Å². The molecule has 5 nitrogen and oxygen atoms in total. The van der Waals surface area contributed by atoms with Crippen LogP contribution in [0.1, 0.15) is 19.4 Å². The van der Waals surface area contributed by atoms with Crippen LogP contribution in [0.4, 0.5) is 11.6 Å². The van der Waals surface area contributed by atoms with E-state index in [-0.39, 0.29) is 0 Å². The summed E-state index contributed by atoms with van der Waals surface area (Å²) < 4.78 is 0. The minimum absolute atomic E-state index is 0.465. The van der Waals surface area contributed by atoms with E-state index in [1.807, 2.05) is 7.05 Å². The Balaban J connectivity index is 2.77. The molecule has 0 aliphatic carbocycles. The molecule has 1 rings (SSSR count). The first-order valence-corrected chi connectivity index (χ1v) is 6.02. The standard InChI is InChI=1S/C12H23N5/c1-6-10-11(13-3)15-8-16-12(10)14-7-9(2)17(4)5/h8-9H,6-7H2,1-5H3,(H2,13,14,15,16). The second-order valence-electron chi connectivity index (χ2n) is 4.35. The molecule has 0 radical (unpaired) electrons. The maximum absolute atomic E-state index is 4.31. The van der Waals surface area contributed by atoms with Crippen LogP contribution in [0.15, 0.2) is 6.33 Å². The number of nitrogens with zero attached hydrogens (tertiary/aromatic N) is 3. The van der Waals surface area contributed by atoms with Crippen LogP contribution in [-0.4, -0.2) is 48.6 Å². The molecule has 0 aromatic carbocycles. The van der Waals surface area contributed by atoms with Crippen molar-refractivity contribution in [3.63, 3.8) is 0 Å². The van der Waals surface area contributed by atoms with Crippen LogP contribution in [-0.2, 0) is 6.42 Å². The molecule has 0 fully saturated rings. The van der Waals surface area contributed by atoms with Gasteiger partial charge in [0, 0.05) is 25.2 Å². The maximum Gasteiger partial charge on any atom is 0.134 e. The molecule has 0 bridgehead atoms. The average Bonchev–Trinajstić information content (AvgIpc) is 2.34. The van der Waals surface area contributed by atoms with E-state index in [4.69, 9.17) is 0 Å². The van der Waals surface area contributed by atoms with Crippen molar-refractivity contribution in [2.24, 2.45) is 0 Å². The van der Waals surface area contributed by atoms with Gasteiger partial charge in [0.15, 0.2) is 0 Å². The number of rotatable bonds is 6. The number of hydrogen-bond acceptors (Lipinski definition) is 5. The van der Waals surface area contributed by atoms with Crippen LogP contribution in [0.2, 0.25) is 0 Å². The summed E-state index contributed by atoms with van der Waals surface area (Å²) in [7, 11) is 6.03. The van der Waals surface area contributed by atoms with Crippen LogP contribution in [0.5, 0.6) is 0 Å². The Bertz CT molecular complexity index is 351. The molecule has 1 heterocycles. The lowest BCUT2D eigenvalue weighted by Gasteiger charge is -2.21. The molecule has 0 saturated heterocycles. The van der Waals surface area contributed by atoms with E-state index < -0.39 is 0 Å². The largest absolute Gasteiger partial charge is 0.373 e. The maximum atomic E-state index is 4.31. The third-order valence-electron chi connectivity index (χ3n) is 2.98. The first kappa shape index (κ1) is 13.7. The van der Waals surface area contributed by atoms with Crippen molar-refractivity contribution in [1.29, 1.82) is 0 Å². The third kappa shape index (κ3) is 3.56. The van der Waals surface area contributed by atoms with E-state index >= 15 is 0 Å². The van der Waals surface area contributed by atoms with E-state index in [1.165, 1.54) is 0 Å². The molecular formula is C12H23N5. The summed E-state index contributed by atoms with van der Waals surface area (Å²) in [5.41, 5.74) is 1.14. The molecule has 17 heavy (non-hydrogen) atoms. The highest BCUT2D eigenvalue weighted by atomic mass is 15.1. The lowest BCUT2D eigenvalue weighted by atomic mass is 10.2. The van der Waals surface area contributed by atoms with Gasteiger partial charge in [0.05, 0.1) is 0 Å². The molecule has 96 valence electrons. The fourth-order valence-corrected chi connectivity index (χ4v) is 1.54. The number of nitrogens with one attached hydrogen (secondary N) is 2. The topological polar surface area (TPSA) is 53.1 Å². The summed E-state index contributed by atoms with van der Waals surface area (Å²) >= 11 is 0. The minimum atomic E-state index is 0.465. The summed E-state index contributed by atoms with van der Waals surface area (Å²) in [6.45, 7) is 5.17. The molecule has 0 aliphatic heterocycles. The Morgan fingerprint density at radius 1 is 1.29 bits per heavy atom. The lowest BCUT2D eigenvalue weighted by molar-refractivity contribution is 0.326. The number of anilines is 2. The first-order chi connectivity index (χ1) is 8.10. The van der Waals surface area contributed by atoms with Crippen LogP contribution < -0.4 is 10.6 Å². The van der Waals surface area contributed by atoms with Crippen LogP contribution >= 0.6 is 0 Å². The molecule has 1 atom stereocenters.